The minimum Gasteiger partial charge on any atom is -0.348 e. The molecule has 0 aliphatic carbocycles. The lowest BCUT2D eigenvalue weighted by molar-refractivity contribution is -0.384. The molecule has 1 amide bonds. The van der Waals surface area contributed by atoms with Crippen LogP contribution in [0.15, 0.2) is 67.0 Å². The fourth-order valence-electron chi connectivity index (χ4n) is 2.21. The van der Waals surface area contributed by atoms with Crippen LogP contribution in [0.4, 0.5) is 5.69 Å². The van der Waals surface area contributed by atoms with Crippen LogP contribution in [-0.2, 0) is 6.54 Å². The van der Waals surface area contributed by atoms with Crippen LogP contribution in [0.3, 0.4) is 0 Å². The molecule has 0 bridgehead atoms. The van der Waals surface area contributed by atoms with E-state index in [0.29, 0.717) is 12.1 Å². The fourth-order valence-corrected chi connectivity index (χ4v) is 2.21. The van der Waals surface area contributed by atoms with Crippen molar-refractivity contribution in [3.05, 3.63) is 88.2 Å². The van der Waals surface area contributed by atoms with Gasteiger partial charge in [-0.2, -0.15) is 5.10 Å². The van der Waals surface area contributed by atoms with Crippen LogP contribution in [0.5, 0.6) is 0 Å². The van der Waals surface area contributed by atoms with Gasteiger partial charge in [0.2, 0.25) is 0 Å². The largest absolute Gasteiger partial charge is 0.348 e. The Morgan fingerprint density at radius 1 is 1.12 bits per heavy atom. The van der Waals surface area contributed by atoms with Crippen LogP contribution >= 0.6 is 0 Å². The Bertz CT molecular complexity index is 841. The van der Waals surface area contributed by atoms with Crippen LogP contribution in [0.25, 0.3) is 5.69 Å². The van der Waals surface area contributed by atoms with Crippen LogP contribution in [0, 0.1) is 10.1 Å². The van der Waals surface area contributed by atoms with E-state index in [0.717, 1.165) is 11.3 Å². The van der Waals surface area contributed by atoms with Gasteiger partial charge in [-0.3, -0.25) is 14.9 Å². The minimum atomic E-state index is -0.497. The number of nitrogens with one attached hydrogen (secondary N) is 1. The Balaban J connectivity index is 1.60. The van der Waals surface area contributed by atoms with Crippen LogP contribution < -0.4 is 5.32 Å². The van der Waals surface area contributed by atoms with E-state index in [2.05, 4.69) is 10.4 Å². The maximum atomic E-state index is 12.1. The maximum Gasteiger partial charge on any atom is 0.269 e. The number of hydrogen-bond acceptors (Lipinski definition) is 4. The standard InChI is InChI=1S/C17H14N4O3/c22-17(14-4-8-16(9-5-14)21(23)24)18-12-13-2-6-15(7-3-13)20-11-1-10-19-20/h1-11H,12H2,(H,18,22). The van der Waals surface area contributed by atoms with Gasteiger partial charge in [-0.1, -0.05) is 12.1 Å². The molecule has 7 nitrogen and oxygen atoms in total. The van der Waals surface area contributed by atoms with Gasteiger partial charge in [0.05, 0.1) is 10.6 Å². The van der Waals surface area contributed by atoms with Gasteiger partial charge in [0, 0.05) is 36.6 Å². The first-order valence-corrected chi connectivity index (χ1v) is 7.25. The number of non-ortho nitro benzene ring substituents is 1. The van der Waals surface area contributed by atoms with Crippen molar-refractivity contribution in [2.75, 3.05) is 0 Å². The zero-order valence-electron chi connectivity index (χ0n) is 12.6. The highest BCUT2D eigenvalue weighted by Gasteiger charge is 2.09. The Kier molecular flexibility index (Phi) is 4.33. The van der Waals surface area contributed by atoms with Crippen molar-refractivity contribution >= 4 is 11.6 Å². The molecule has 0 unspecified atom stereocenters. The number of aromatic nitrogens is 2. The molecule has 0 saturated heterocycles. The molecule has 0 aliphatic heterocycles. The smallest absolute Gasteiger partial charge is 0.269 e. The van der Waals surface area contributed by atoms with Gasteiger partial charge in [0.25, 0.3) is 11.6 Å². The molecule has 2 aromatic carbocycles. The summed E-state index contributed by atoms with van der Waals surface area (Å²) in [4.78, 5) is 22.2. The van der Waals surface area contributed by atoms with Crippen LogP contribution in [-0.4, -0.2) is 20.6 Å². The zero-order chi connectivity index (χ0) is 16.9. The van der Waals surface area contributed by atoms with E-state index in [1.165, 1.54) is 24.3 Å². The van der Waals surface area contributed by atoms with Crippen molar-refractivity contribution in [3.63, 3.8) is 0 Å². The molecule has 0 saturated carbocycles. The molecule has 1 N–H and O–H groups in total. The zero-order valence-corrected chi connectivity index (χ0v) is 12.6. The molecule has 0 atom stereocenters. The second kappa shape index (κ2) is 6.74. The summed E-state index contributed by atoms with van der Waals surface area (Å²) >= 11 is 0. The molecular weight excluding hydrogens is 308 g/mol. The van der Waals surface area contributed by atoms with Gasteiger partial charge in [0.15, 0.2) is 0 Å². The summed E-state index contributed by atoms with van der Waals surface area (Å²) < 4.78 is 1.75. The molecule has 1 aromatic heterocycles. The second-order valence-corrected chi connectivity index (χ2v) is 5.10. The number of nitrogens with zero attached hydrogens (tertiary/aromatic N) is 3. The average Bonchev–Trinajstić information content (AvgIpc) is 3.15. The number of rotatable bonds is 5. The van der Waals surface area contributed by atoms with Gasteiger partial charge >= 0.3 is 0 Å². The van der Waals surface area contributed by atoms with Gasteiger partial charge in [0.1, 0.15) is 0 Å². The van der Waals surface area contributed by atoms with Crippen molar-refractivity contribution in [2.24, 2.45) is 0 Å². The molecule has 0 spiro atoms. The number of amides is 1. The van der Waals surface area contributed by atoms with Crippen LogP contribution in [0.2, 0.25) is 0 Å². The number of benzene rings is 2. The van der Waals surface area contributed by atoms with E-state index in [1.807, 2.05) is 36.5 Å². The van der Waals surface area contributed by atoms with E-state index >= 15 is 0 Å². The Morgan fingerprint density at radius 2 is 1.83 bits per heavy atom. The van der Waals surface area contributed by atoms with Crippen molar-refractivity contribution in [1.82, 2.24) is 15.1 Å². The molecule has 3 rings (SSSR count). The number of nitro groups is 1. The summed E-state index contributed by atoms with van der Waals surface area (Å²) in [6.07, 6.45) is 3.56. The van der Waals surface area contributed by atoms with Crippen LogP contribution in [0.1, 0.15) is 15.9 Å². The van der Waals surface area contributed by atoms with Gasteiger partial charge in [-0.05, 0) is 35.9 Å². The second-order valence-electron chi connectivity index (χ2n) is 5.10. The molecule has 1 heterocycles. The lowest BCUT2D eigenvalue weighted by Gasteiger charge is -2.07. The van der Waals surface area contributed by atoms with Crippen molar-refractivity contribution in [3.8, 4) is 5.69 Å². The number of carbonyl (C=O) groups is 1. The van der Waals surface area contributed by atoms with E-state index in [4.69, 9.17) is 0 Å². The molecule has 0 aliphatic rings. The highest BCUT2D eigenvalue weighted by Crippen LogP contribution is 2.12. The predicted octanol–water partition coefficient (Wildman–Crippen LogP) is 2.71. The summed E-state index contributed by atoms with van der Waals surface area (Å²) in [7, 11) is 0. The third-order valence-corrected chi connectivity index (χ3v) is 3.50. The lowest BCUT2D eigenvalue weighted by Crippen LogP contribution is -2.22. The van der Waals surface area contributed by atoms with E-state index in [-0.39, 0.29) is 11.6 Å². The fraction of sp³-hybridized carbons (Fsp3) is 0.0588. The lowest BCUT2D eigenvalue weighted by atomic mass is 10.1. The van der Waals surface area contributed by atoms with Crippen molar-refractivity contribution in [2.45, 2.75) is 6.54 Å². The van der Waals surface area contributed by atoms with E-state index in [9.17, 15) is 14.9 Å². The van der Waals surface area contributed by atoms with Crippen molar-refractivity contribution < 1.29 is 9.72 Å². The minimum absolute atomic E-state index is 0.0410. The first-order chi connectivity index (χ1) is 11.6. The first kappa shape index (κ1) is 15.4. The molecule has 7 heteroatoms. The molecule has 0 radical (unpaired) electrons. The van der Waals surface area contributed by atoms with Crippen molar-refractivity contribution in [1.29, 1.82) is 0 Å². The SMILES string of the molecule is O=C(NCc1ccc(-n2cccn2)cc1)c1ccc([N+](=O)[O-])cc1. The Hall–Kier alpha value is -3.48. The topological polar surface area (TPSA) is 90.1 Å². The molecule has 3 aromatic rings. The third-order valence-electron chi connectivity index (χ3n) is 3.50. The van der Waals surface area contributed by atoms with Gasteiger partial charge < -0.3 is 5.32 Å². The highest BCUT2D eigenvalue weighted by molar-refractivity contribution is 5.94. The van der Waals surface area contributed by atoms with Gasteiger partial charge in [-0.15, -0.1) is 0 Å². The summed E-state index contributed by atoms with van der Waals surface area (Å²) in [5, 5.41) is 17.5. The quantitative estimate of drug-likeness (QED) is 0.577. The summed E-state index contributed by atoms with van der Waals surface area (Å²) in [6, 6.07) is 15.0. The van der Waals surface area contributed by atoms with E-state index < -0.39 is 4.92 Å². The summed E-state index contributed by atoms with van der Waals surface area (Å²) in [5.74, 6) is -0.277. The van der Waals surface area contributed by atoms with E-state index in [1.54, 1.807) is 10.9 Å². The van der Waals surface area contributed by atoms with Gasteiger partial charge in [-0.25, -0.2) is 4.68 Å². The molecule has 120 valence electrons. The number of carbonyl (C=O) groups excluding carboxylic acids is 1. The highest BCUT2D eigenvalue weighted by atomic mass is 16.6. The molecular formula is C17H14N4O3. The summed E-state index contributed by atoms with van der Waals surface area (Å²) in [5.41, 5.74) is 2.22. The first-order valence-electron chi connectivity index (χ1n) is 7.25. The maximum absolute atomic E-state index is 12.1. The predicted molar refractivity (Wildman–Crippen MR) is 87.8 cm³/mol. The molecule has 0 fully saturated rings. The summed E-state index contributed by atoms with van der Waals surface area (Å²) in [6.45, 7) is 0.370. The Labute approximate surface area is 137 Å². The normalized spacial score (nSPS) is 10.3. The Morgan fingerprint density at radius 3 is 2.42 bits per heavy atom. The average molecular weight is 322 g/mol. The number of nitro benzene ring substituents is 1. The number of hydrogen-bond donors (Lipinski definition) is 1. The third kappa shape index (κ3) is 3.46. The monoisotopic (exact) mass is 322 g/mol. The molecule has 24 heavy (non-hydrogen) atoms.